The van der Waals surface area contributed by atoms with Gasteiger partial charge in [0, 0.05) is 21.2 Å². The van der Waals surface area contributed by atoms with E-state index < -0.39 is 0 Å². The van der Waals surface area contributed by atoms with E-state index in [1.807, 2.05) is 60.7 Å². The minimum absolute atomic E-state index is 0.713. The fraction of sp³-hybridized carbons (Fsp3) is 0.0556. The highest BCUT2D eigenvalue weighted by Crippen LogP contribution is 2.36. The van der Waals surface area contributed by atoms with Gasteiger partial charge in [0.2, 0.25) is 0 Å². The summed E-state index contributed by atoms with van der Waals surface area (Å²) in [5, 5.41) is 4.28. The van der Waals surface area contributed by atoms with E-state index in [2.05, 4.69) is 27.7 Å². The highest BCUT2D eigenvalue weighted by molar-refractivity contribution is 9.10. The summed E-state index contributed by atoms with van der Waals surface area (Å²) in [5.74, 6) is 0.793. The Kier molecular flexibility index (Phi) is 4.02. The Hall–Kier alpha value is -2.13. The molecule has 0 unspecified atom stereocenters. The second kappa shape index (κ2) is 6.10. The molecule has 2 nitrogen and oxygen atoms in total. The molecule has 21 heavy (non-hydrogen) atoms. The summed E-state index contributed by atoms with van der Waals surface area (Å²) in [4.78, 5) is 0. The van der Waals surface area contributed by atoms with Gasteiger partial charge in [-0.3, -0.25) is 0 Å². The zero-order chi connectivity index (χ0) is 14.7. The lowest BCUT2D eigenvalue weighted by molar-refractivity contribution is 0.434. The Morgan fingerprint density at radius 2 is 1.76 bits per heavy atom. The highest BCUT2D eigenvalue weighted by atomic mass is 79.9. The van der Waals surface area contributed by atoms with Crippen LogP contribution in [0.25, 0.3) is 22.6 Å². The molecule has 3 rings (SSSR count). The quantitative estimate of drug-likeness (QED) is 0.586. The van der Waals surface area contributed by atoms with Gasteiger partial charge in [0.05, 0.1) is 0 Å². The Morgan fingerprint density at radius 1 is 1.05 bits per heavy atom. The van der Waals surface area contributed by atoms with Gasteiger partial charge in [-0.15, -0.1) is 6.58 Å². The van der Waals surface area contributed by atoms with Crippen molar-refractivity contribution >= 4 is 15.9 Å². The van der Waals surface area contributed by atoms with Gasteiger partial charge in [-0.2, -0.15) is 0 Å². The third-order valence-corrected chi connectivity index (χ3v) is 3.99. The van der Waals surface area contributed by atoms with Crippen LogP contribution in [-0.2, 0) is 6.42 Å². The van der Waals surface area contributed by atoms with Crippen LogP contribution in [-0.4, -0.2) is 5.16 Å². The maximum Gasteiger partial charge on any atom is 0.172 e. The molecular formula is C18H14BrNO. The van der Waals surface area contributed by atoms with E-state index in [4.69, 9.17) is 4.52 Å². The van der Waals surface area contributed by atoms with Crippen LogP contribution in [0.2, 0.25) is 0 Å². The molecule has 0 radical (unpaired) electrons. The van der Waals surface area contributed by atoms with Crippen LogP contribution >= 0.6 is 15.9 Å². The van der Waals surface area contributed by atoms with Crippen LogP contribution in [0.1, 0.15) is 5.56 Å². The minimum atomic E-state index is 0.713. The number of hydrogen-bond donors (Lipinski definition) is 0. The Labute approximate surface area is 132 Å². The van der Waals surface area contributed by atoms with Crippen LogP contribution in [0.3, 0.4) is 0 Å². The first kappa shape index (κ1) is 13.8. The van der Waals surface area contributed by atoms with Crippen molar-refractivity contribution < 1.29 is 4.52 Å². The SMILES string of the molecule is C=CCc1c(-c2ccccc2)noc1-c1ccccc1Br. The number of halogens is 1. The average Bonchev–Trinajstić information content (AvgIpc) is 2.93. The van der Waals surface area contributed by atoms with Crippen LogP contribution in [0.15, 0.2) is 76.2 Å². The van der Waals surface area contributed by atoms with Crippen LogP contribution in [0.4, 0.5) is 0 Å². The molecule has 2 aromatic carbocycles. The third kappa shape index (κ3) is 2.69. The molecule has 0 aliphatic carbocycles. The lowest BCUT2D eigenvalue weighted by atomic mass is 10.00. The Morgan fingerprint density at radius 3 is 2.48 bits per heavy atom. The molecule has 0 N–H and O–H groups in total. The molecule has 1 aromatic heterocycles. The van der Waals surface area contributed by atoms with Gasteiger partial charge in [0.25, 0.3) is 0 Å². The molecule has 0 bridgehead atoms. The molecule has 0 amide bonds. The van der Waals surface area contributed by atoms with Gasteiger partial charge in [-0.1, -0.05) is 69.6 Å². The molecule has 1 heterocycles. The fourth-order valence-corrected chi connectivity index (χ4v) is 2.79. The lowest BCUT2D eigenvalue weighted by Gasteiger charge is -2.03. The maximum atomic E-state index is 5.64. The van der Waals surface area contributed by atoms with Crippen LogP contribution < -0.4 is 0 Å². The largest absolute Gasteiger partial charge is 0.355 e. The normalized spacial score (nSPS) is 10.5. The molecule has 0 aliphatic rings. The van der Waals surface area contributed by atoms with Crippen molar-refractivity contribution in [2.75, 3.05) is 0 Å². The van der Waals surface area contributed by atoms with Gasteiger partial charge >= 0.3 is 0 Å². The minimum Gasteiger partial charge on any atom is -0.355 e. The number of hydrogen-bond acceptors (Lipinski definition) is 2. The topological polar surface area (TPSA) is 26.0 Å². The zero-order valence-corrected chi connectivity index (χ0v) is 13.0. The molecule has 104 valence electrons. The van der Waals surface area contributed by atoms with E-state index in [-0.39, 0.29) is 0 Å². The van der Waals surface area contributed by atoms with Crippen molar-refractivity contribution in [3.8, 4) is 22.6 Å². The maximum absolute atomic E-state index is 5.64. The van der Waals surface area contributed by atoms with Crippen molar-refractivity contribution in [3.63, 3.8) is 0 Å². The van der Waals surface area contributed by atoms with Crippen LogP contribution in [0, 0.1) is 0 Å². The smallest absolute Gasteiger partial charge is 0.172 e. The third-order valence-electron chi connectivity index (χ3n) is 3.30. The first-order valence-corrected chi connectivity index (χ1v) is 7.50. The molecule has 0 saturated carbocycles. The van der Waals surface area contributed by atoms with Crippen molar-refractivity contribution in [2.45, 2.75) is 6.42 Å². The summed E-state index contributed by atoms with van der Waals surface area (Å²) in [6, 6.07) is 18.1. The molecule has 0 saturated heterocycles. The molecule has 0 fully saturated rings. The standard InChI is InChI=1S/C18H14BrNO/c1-2-8-15-17(13-9-4-3-5-10-13)20-21-18(15)14-11-6-7-12-16(14)19/h2-7,9-12H,1,8H2. The summed E-state index contributed by atoms with van der Waals surface area (Å²) in [5.41, 5.74) is 3.99. The molecule has 3 heteroatoms. The Balaban J connectivity index is 2.17. The first-order chi connectivity index (χ1) is 10.3. The van der Waals surface area contributed by atoms with Crippen molar-refractivity contribution in [2.24, 2.45) is 0 Å². The number of rotatable bonds is 4. The predicted molar refractivity (Wildman–Crippen MR) is 89.0 cm³/mol. The van der Waals surface area contributed by atoms with Gasteiger partial charge in [-0.25, -0.2) is 0 Å². The summed E-state index contributed by atoms with van der Waals surface area (Å²) in [6.45, 7) is 3.85. The van der Waals surface area contributed by atoms with E-state index in [0.717, 1.165) is 32.6 Å². The van der Waals surface area contributed by atoms with E-state index in [1.54, 1.807) is 0 Å². The predicted octanol–water partition coefficient (Wildman–Crippen LogP) is 5.50. The van der Waals surface area contributed by atoms with E-state index in [1.165, 1.54) is 0 Å². The van der Waals surface area contributed by atoms with E-state index in [0.29, 0.717) is 6.42 Å². The van der Waals surface area contributed by atoms with Crippen molar-refractivity contribution in [1.29, 1.82) is 0 Å². The highest BCUT2D eigenvalue weighted by Gasteiger charge is 2.19. The average molecular weight is 340 g/mol. The van der Waals surface area contributed by atoms with Crippen LogP contribution in [0.5, 0.6) is 0 Å². The Bertz CT molecular complexity index is 762. The number of nitrogens with zero attached hydrogens (tertiary/aromatic N) is 1. The summed E-state index contributed by atoms with van der Waals surface area (Å²) < 4.78 is 6.63. The summed E-state index contributed by atoms with van der Waals surface area (Å²) in [7, 11) is 0. The summed E-state index contributed by atoms with van der Waals surface area (Å²) in [6.07, 6.45) is 2.59. The zero-order valence-electron chi connectivity index (χ0n) is 11.4. The van der Waals surface area contributed by atoms with E-state index in [9.17, 15) is 0 Å². The lowest BCUT2D eigenvalue weighted by Crippen LogP contribution is -1.88. The second-order valence-electron chi connectivity index (χ2n) is 4.68. The molecule has 0 aliphatic heterocycles. The second-order valence-corrected chi connectivity index (χ2v) is 5.53. The van der Waals surface area contributed by atoms with Gasteiger partial charge in [-0.05, 0) is 18.6 Å². The fourth-order valence-electron chi connectivity index (χ4n) is 2.32. The molecular weight excluding hydrogens is 326 g/mol. The summed E-state index contributed by atoms with van der Waals surface area (Å²) >= 11 is 3.57. The molecule has 0 atom stereocenters. The monoisotopic (exact) mass is 339 g/mol. The molecule has 0 spiro atoms. The first-order valence-electron chi connectivity index (χ1n) is 6.71. The number of benzene rings is 2. The van der Waals surface area contributed by atoms with Gasteiger partial charge in [0.15, 0.2) is 5.76 Å². The number of aromatic nitrogens is 1. The van der Waals surface area contributed by atoms with Crippen molar-refractivity contribution in [3.05, 3.63) is 77.3 Å². The van der Waals surface area contributed by atoms with Gasteiger partial charge < -0.3 is 4.52 Å². The molecule has 3 aromatic rings. The number of allylic oxidation sites excluding steroid dienone is 1. The van der Waals surface area contributed by atoms with Crippen molar-refractivity contribution in [1.82, 2.24) is 5.16 Å². The van der Waals surface area contributed by atoms with Gasteiger partial charge in [0.1, 0.15) is 5.69 Å². The van der Waals surface area contributed by atoms with E-state index >= 15 is 0 Å².